The van der Waals surface area contributed by atoms with E-state index in [0.29, 0.717) is 11.7 Å². The molecule has 2 aliphatic heterocycles. The van der Waals surface area contributed by atoms with E-state index in [1.165, 1.54) is 17.2 Å². The van der Waals surface area contributed by atoms with Gasteiger partial charge in [-0.15, -0.1) is 0 Å². The van der Waals surface area contributed by atoms with Crippen molar-refractivity contribution in [3.05, 3.63) is 94.8 Å². The van der Waals surface area contributed by atoms with Crippen LogP contribution in [0.2, 0.25) is 0 Å². The average molecular weight is 516 g/mol. The smallest absolute Gasteiger partial charge is 0.210 e. The van der Waals surface area contributed by atoms with Crippen molar-refractivity contribution in [1.29, 1.82) is 0 Å². The molecule has 38 heavy (non-hydrogen) atoms. The lowest BCUT2D eigenvalue weighted by atomic mass is 9.88. The Hall–Kier alpha value is -3.38. The largest absolute Gasteiger partial charge is 0.506 e. The summed E-state index contributed by atoms with van der Waals surface area (Å²) in [7, 11) is 0. The number of hydrogen-bond acceptors (Lipinski definition) is 4. The zero-order chi connectivity index (χ0) is 26.6. The number of anilines is 1. The van der Waals surface area contributed by atoms with Crippen molar-refractivity contribution in [2.75, 3.05) is 31.1 Å². The summed E-state index contributed by atoms with van der Waals surface area (Å²) in [6, 6.07) is 21.6. The lowest BCUT2D eigenvalue weighted by molar-refractivity contribution is -0.122. The standard InChI is InChI=1S/C32H38FN3O2/c1-23-13-14-35(22-37)30(17-23)27-11-9-25(10-12-27)18-28-6-4-8-31(38)32(28)36-16-15-34(20-24(36)2)21-26-5-3-7-29(33)19-26/h3-12,19,22-24,30,38H,13-18,20-21H2,1-2H3/t23?,24-,30?/m1/s1. The van der Waals surface area contributed by atoms with Crippen molar-refractivity contribution >= 4 is 12.1 Å². The quantitative estimate of drug-likeness (QED) is 0.407. The van der Waals surface area contributed by atoms with E-state index in [2.05, 4.69) is 54.0 Å². The second kappa shape index (κ2) is 11.6. The van der Waals surface area contributed by atoms with Crippen LogP contribution < -0.4 is 4.90 Å². The molecule has 6 heteroatoms. The van der Waals surface area contributed by atoms with Crippen LogP contribution in [0.4, 0.5) is 10.1 Å². The lowest BCUT2D eigenvalue weighted by Gasteiger charge is -2.42. The van der Waals surface area contributed by atoms with Crippen molar-refractivity contribution in [1.82, 2.24) is 9.80 Å². The number of amides is 1. The molecule has 2 saturated heterocycles. The Morgan fingerprint density at radius 1 is 0.974 bits per heavy atom. The van der Waals surface area contributed by atoms with Crippen LogP contribution in [0, 0.1) is 11.7 Å². The summed E-state index contributed by atoms with van der Waals surface area (Å²) in [6.45, 7) is 8.46. The topological polar surface area (TPSA) is 47.0 Å². The molecule has 3 aromatic rings. The van der Waals surface area contributed by atoms with Gasteiger partial charge in [-0.25, -0.2) is 4.39 Å². The molecular formula is C32H38FN3O2. The normalized spacial score (nSPS) is 22.4. The number of halogens is 1. The van der Waals surface area contributed by atoms with E-state index in [1.807, 2.05) is 17.0 Å². The summed E-state index contributed by atoms with van der Waals surface area (Å²) in [5, 5.41) is 10.9. The Labute approximate surface area is 225 Å². The number of nitrogens with zero attached hydrogens (tertiary/aromatic N) is 3. The third-order valence-electron chi connectivity index (χ3n) is 8.19. The number of carbonyl (C=O) groups is 1. The fraction of sp³-hybridized carbons (Fsp3) is 0.406. The Balaban J connectivity index is 1.29. The first-order chi connectivity index (χ1) is 18.4. The van der Waals surface area contributed by atoms with Gasteiger partial charge in [-0.1, -0.05) is 55.5 Å². The van der Waals surface area contributed by atoms with Gasteiger partial charge in [0.1, 0.15) is 11.6 Å². The molecule has 200 valence electrons. The molecule has 0 radical (unpaired) electrons. The van der Waals surface area contributed by atoms with Crippen molar-refractivity contribution in [3.8, 4) is 5.75 Å². The average Bonchev–Trinajstić information content (AvgIpc) is 2.90. The van der Waals surface area contributed by atoms with Crippen LogP contribution in [-0.2, 0) is 17.8 Å². The fourth-order valence-corrected chi connectivity index (χ4v) is 6.15. The molecule has 0 saturated carbocycles. The van der Waals surface area contributed by atoms with E-state index < -0.39 is 0 Å². The van der Waals surface area contributed by atoms with E-state index in [4.69, 9.17) is 0 Å². The first-order valence-electron chi connectivity index (χ1n) is 13.8. The van der Waals surface area contributed by atoms with Gasteiger partial charge in [-0.05, 0) is 72.6 Å². The Kier molecular flexibility index (Phi) is 7.98. The van der Waals surface area contributed by atoms with Crippen molar-refractivity contribution in [3.63, 3.8) is 0 Å². The highest BCUT2D eigenvalue weighted by atomic mass is 19.1. The second-order valence-corrected chi connectivity index (χ2v) is 11.1. The maximum Gasteiger partial charge on any atom is 0.210 e. The van der Waals surface area contributed by atoms with Gasteiger partial charge in [0.15, 0.2) is 0 Å². The van der Waals surface area contributed by atoms with E-state index in [-0.39, 0.29) is 17.9 Å². The van der Waals surface area contributed by atoms with Crippen LogP contribution in [-0.4, -0.2) is 53.5 Å². The maximum absolute atomic E-state index is 13.6. The maximum atomic E-state index is 13.6. The lowest BCUT2D eigenvalue weighted by Crippen LogP contribution is -2.51. The summed E-state index contributed by atoms with van der Waals surface area (Å²) in [5.74, 6) is 0.722. The zero-order valence-electron chi connectivity index (χ0n) is 22.4. The van der Waals surface area contributed by atoms with Gasteiger partial charge in [0.05, 0.1) is 11.7 Å². The van der Waals surface area contributed by atoms with Crippen molar-refractivity contribution < 1.29 is 14.3 Å². The number of phenols is 1. The van der Waals surface area contributed by atoms with Crippen molar-refractivity contribution in [2.45, 2.75) is 51.7 Å². The predicted molar refractivity (Wildman–Crippen MR) is 150 cm³/mol. The highest BCUT2D eigenvalue weighted by Gasteiger charge is 2.28. The molecule has 1 N–H and O–H groups in total. The minimum Gasteiger partial charge on any atom is -0.506 e. The molecule has 5 rings (SSSR count). The predicted octanol–water partition coefficient (Wildman–Crippen LogP) is 5.76. The molecule has 0 aliphatic carbocycles. The molecule has 2 aliphatic rings. The van der Waals surface area contributed by atoms with Crippen LogP contribution in [0.25, 0.3) is 0 Å². The molecule has 0 spiro atoms. The van der Waals surface area contributed by atoms with E-state index in [9.17, 15) is 14.3 Å². The SMILES string of the molecule is CC1CCN(C=O)C(c2ccc(Cc3cccc(O)c3N3CCN(Cc4cccc(F)c4)C[C@H]3C)cc2)C1. The molecule has 2 fully saturated rings. The molecule has 3 aromatic carbocycles. The van der Waals surface area contributed by atoms with Gasteiger partial charge >= 0.3 is 0 Å². The van der Waals surface area contributed by atoms with E-state index in [1.54, 1.807) is 18.2 Å². The molecule has 5 nitrogen and oxygen atoms in total. The van der Waals surface area contributed by atoms with Gasteiger partial charge in [0.2, 0.25) is 6.41 Å². The van der Waals surface area contributed by atoms with Gasteiger partial charge < -0.3 is 14.9 Å². The number of aromatic hydroxyl groups is 1. The first kappa shape index (κ1) is 26.2. The number of phenolic OH excluding ortho intramolecular Hbond substituents is 1. The van der Waals surface area contributed by atoms with Crippen LogP contribution in [0.5, 0.6) is 5.75 Å². The Morgan fingerprint density at radius 2 is 1.76 bits per heavy atom. The Bertz CT molecular complexity index is 1250. The molecule has 3 atom stereocenters. The number of likely N-dealkylation sites (tertiary alicyclic amines) is 1. The summed E-state index contributed by atoms with van der Waals surface area (Å²) in [4.78, 5) is 18.2. The van der Waals surface area contributed by atoms with Crippen LogP contribution >= 0.6 is 0 Å². The van der Waals surface area contributed by atoms with Crippen LogP contribution in [0.3, 0.4) is 0 Å². The summed E-state index contributed by atoms with van der Waals surface area (Å²) < 4.78 is 13.6. The second-order valence-electron chi connectivity index (χ2n) is 11.1. The number of rotatable bonds is 7. The van der Waals surface area contributed by atoms with E-state index in [0.717, 1.165) is 75.2 Å². The minimum absolute atomic E-state index is 0.145. The zero-order valence-corrected chi connectivity index (χ0v) is 22.4. The van der Waals surface area contributed by atoms with Crippen molar-refractivity contribution in [2.24, 2.45) is 5.92 Å². The molecular weight excluding hydrogens is 477 g/mol. The van der Waals surface area contributed by atoms with Crippen LogP contribution in [0.15, 0.2) is 66.7 Å². The number of carbonyl (C=O) groups excluding carboxylic acids is 1. The highest BCUT2D eigenvalue weighted by molar-refractivity contribution is 5.65. The molecule has 2 unspecified atom stereocenters. The number of hydrogen-bond donors (Lipinski definition) is 1. The number of benzene rings is 3. The minimum atomic E-state index is -0.199. The molecule has 0 aromatic heterocycles. The molecule has 2 heterocycles. The highest BCUT2D eigenvalue weighted by Crippen LogP contribution is 2.36. The number of piperazine rings is 1. The first-order valence-corrected chi connectivity index (χ1v) is 13.8. The molecule has 1 amide bonds. The summed E-state index contributed by atoms with van der Waals surface area (Å²) in [5.41, 5.74) is 5.36. The van der Waals surface area contributed by atoms with E-state index >= 15 is 0 Å². The third-order valence-corrected chi connectivity index (χ3v) is 8.19. The third kappa shape index (κ3) is 5.86. The van der Waals surface area contributed by atoms with Gasteiger partial charge in [0, 0.05) is 38.8 Å². The number of piperidine rings is 1. The van der Waals surface area contributed by atoms with Gasteiger partial charge in [-0.2, -0.15) is 0 Å². The summed E-state index contributed by atoms with van der Waals surface area (Å²) >= 11 is 0. The molecule has 0 bridgehead atoms. The van der Waals surface area contributed by atoms with Crippen LogP contribution in [0.1, 0.15) is 55.0 Å². The van der Waals surface area contributed by atoms with Gasteiger partial charge in [-0.3, -0.25) is 9.69 Å². The fourth-order valence-electron chi connectivity index (χ4n) is 6.15. The summed E-state index contributed by atoms with van der Waals surface area (Å²) in [6.07, 6.45) is 3.77. The monoisotopic (exact) mass is 515 g/mol. The Morgan fingerprint density at radius 3 is 2.50 bits per heavy atom. The van der Waals surface area contributed by atoms with Gasteiger partial charge in [0.25, 0.3) is 0 Å². The number of para-hydroxylation sites is 1.